The van der Waals surface area contributed by atoms with Gasteiger partial charge in [-0.25, -0.2) is 0 Å². The zero-order chi connectivity index (χ0) is 15.3. The van der Waals surface area contributed by atoms with Gasteiger partial charge in [0.25, 0.3) is 5.54 Å². The number of rotatable bonds is 6. The molecule has 1 aliphatic carbocycles. The fraction of sp³-hybridized carbons (Fsp3) is 0.250. The van der Waals surface area contributed by atoms with E-state index in [1.807, 2.05) is 30.3 Å². The van der Waals surface area contributed by atoms with Crippen LogP contribution in [0.5, 0.6) is 0 Å². The molecule has 0 amide bonds. The van der Waals surface area contributed by atoms with E-state index < -0.39 is 5.54 Å². The first-order chi connectivity index (χ1) is 10.1. The zero-order valence-corrected chi connectivity index (χ0v) is 11.8. The Labute approximate surface area is 123 Å². The average molecular weight is 287 g/mol. The molecule has 5 heteroatoms. The Bertz CT molecular complexity index is 592. The molecule has 0 aliphatic heterocycles. The summed E-state index contributed by atoms with van der Waals surface area (Å²) >= 11 is 0. The van der Waals surface area contributed by atoms with Crippen LogP contribution in [-0.4, -0.2) is 17.6 Å². The molecule has 1 unspecified atom stereocenters. The molecule has 0 fully saturated rings. The second-order valence-electron chi connectivity index (χ2n) is 4.73. The first-order valence-electron chi connectivity index (χ1n) is 6.52. The van der Waals surface area contributed by atoms with Crippen molar-refractivity contribution in [1.82, 2.24) is 0 Å². The van der Waals surface area contributed by atoms with E-state index in [2.05, 4.69) is 6.58 Å². The summed E-state index contributed by atoms with van der Waals surface area (Å²) in [5.74, 6) is 0.964. The van der Waals surface area contributed by atoms with Crippen LogP contribution in [0.1, 0.15) is 12.0 Å². The maximum atomic E-state index is 11.2. The molecule has 110 valence electrons. The summed E-state index contributed by atoms with van der Waals surface area (Å²) in [6, 6.07) is 9.68. The number of benzene rings is 1. The van der Waals surface area contributed by atoms with Gasteiger partial charge in [0.15, 0.2) is 5.76 Å². The lowest BCUT2D eigenvalue weighted by molar-refractivity contribution is -0.541. The van der Waals surface area contributed by atoms with Crippen molar-refractivity contribution in [2.24, 2.45) is 0 Å². The molecular weight excluding hydrogens is 270 g/mol. The third-order valence-electron chi connectivity index (χ3n) is 3.42. The van der Waals surface area contributed by atoms with Crippen molar-refractivity contribution in [3.8, 4) is 0 Å². The lowest BCUT2D eigenvalue weighted by Crippen LogP contribution is -2.36. The van der Waals surface area contributed by atoms with Crippen LogP contribution in [0, 0.1) is 10.1 Å². The summed E-state index contributed by atoms with van der Waals surface area (Å²) in [6.45, 7) is 3.94. The molecule has 0 N–H and O–H groups in total. The molecule has 1 aromatic rings. The van der Waals surface area contributed by atoms with Gasteiger partial charge in [-0.15, -0.1) is 0 Å². The summed E-state index contributed by atoms with van der Waals surface area (Å²) in [5, 5.41) is 11.2. The van der Waals surface area contributed by atoms with Gasteiger partial charge in [0, 0.05) is 11.0 Å². The Kier molecular flexibility index (Phi) is 4.42. The molecule has 1 aliphatic rings. The van der Waals surface area contributed by atoms with Gasteiger partial charge in [-0.1, -0.05) is 36.9 Å². The van der Waals surface area contributed by atoms with Crippen molar-refractivity contribution in [2.45, 2.75) is 18.6 Å². The molecule has 1 atom stereocenters. The molecule has 0 aromatic heterocycles. The largest absolute Gasteiger partial charge is 0.497 e. The highest BCUT2D eigenvalue weighted by atomic mass is 16.6. The van der Waals surface area contributed by atoms with Crippen molar-refractivity contribution in [1.29, 1.82) is 0 Å². The van der Waals surface area contributed by atoms with Crippen LogP contribution in [0.2, 0.25) is 0 Å². The molecule has 0 spiro atoms. The Morgan fingerprint density at radius 2 is 2.14 bits per heavy atom. The lowest BCUT2D eigenvalue weighted by Gasteiger charge is -2.24. The van der Waals surface area contributed by atoms with E-state index in [0.29, 0.717) is 18.1 Å². The number of hydrogen-bond acceptors (Lipinski definition) is 4. The molecular formula is C16H17NO4. The van der Waals surface area contributed by atoms with Gasteiger partial charge < -0.3 is 9.47 Å². The average Bonchev–Trinajstić information content (AvgIpc) is 2.53. The molecule has 1 aromatic carbocycles. The van der Waals surface area contributed by atoms with Crippen LogP contribution in [0.3, 0.4) is 0 Å². The van der Waals surface area contributed by atoms with Crippen LogP contribution in [0.4, 0.5) is 0 Å². The van der Waals surface area contributed by atoms with Gasteiger partial charge in [-0.05, 0) is 17.7 Å². The standard InChI is InChI=1S/C16H17NO4/c1-3-16(17(18)19)10-9-14(15(11-16)20-2)21-12-13-7-5-4-6-8-13/h3-10H,1,11-12H2,2H3. The van der Waals surface area contributed by atoms with Crippen LogP contribution in [0.15, 0.2) is 66.7 Å². The normalized spacial score (nSPS) is 21.0. The summed E-state index contributed by atoms with van der Waals surface area (Å²) in [7, 11) is 1.48. The van der Waals surface area contributed by atoms with Crippen LogP contribution in [-0.2, 0) is 16.1 Å². The number of methoxy groups -OCH3 is 1. The van der Waals surface area contributed by atoms with E-state index in [1.54, 1.807) is 6.08 Å². The predicted octanol–water partition coefficient (Wildman–Crippen LogP) is 3.22. The molecule has 0 saturated carbocycles. The fourth-order valence-electron chi connectivity index (χ4n) is 2.09. The quantitative estimate of drug-likeness (QED) is 0.458. The van der Waals surface area contributed by atoms with E-state index in [4.69, 9.17) is 9.47 Å². The summed E-state index contributed by atoms with van der Waals surface area (Å²) in [5.41, 5.74) is -0.311. The van der Waals surface area contributed by atoms with E-state index in [0.717, 1.165) is 5.56 Å². The van der Waals surface area contributed by atoms with Gasteiger partial charge in [-0.3, -0.25) is 10.1 Å². The molecule has 0 radical (unpaired) electrons. The van der Waals surface area contributed by atoms with E-state index in [-0.39, 0.29) is 11.3 Å². The maximum absolute atomic E-state index is 11.2. The van der Waals surface area contributed by atoms with Gasteiger partial charge >= 0.3 is 0 Å². The fourth-order valence-corrected chi connectivity index (χ4v) is 2.09. The zero-order valence-electron chi connectivity index (χ0n) is 11.8. The number of hydrogen-bond donors (Lipinski definition) is 0. The Morgan fingerprint density at radius 1 is 1.43 bits per heavy atom. The highest BCUT2D eigenvalue weighted by Crippen LogP contribution is 2.31. The maximum Gasteiger partial charge on any atom is 0.265 e. The number of ether oxygens (including phenoxy) is 2. The molecule has 0 heterocycles. The first-order valence-corrected chi connectivity index (χ1v) is 6.52. The molecule has 5 nitrogen and oxygen atoms in total. The van der Waals surface area contributed by atoms with Crippen molar-refractivity contribution in [3.63, 3.8) is 0 Å². The Balaban J connectivity index is 2.14. The monoisotopic (exact) mass is 287 g/mol. The van der Waals surface area contributed by atoms with Crippen molar-refractivity contribution >= 4 is 0 Å². The second kappa shape index (κ2) is 6.26. The minimum atomic E-state index is -1.33. The molecule has 0 saturated heterocycles. The van der Waals surface area contributed by atoms with Gasteiger partial charge in [0.1, 0.15) is 12.4 Å². The van der Waals surface area contributed by atoms with E-state index in [9.17, 15) is 10.1 Å². The third-order valence-corrected chi connectivity index (χ3v) is 3.42. The van der Waals surface area contributed by atoms with Crippen LogP contribution in [0.25, 0.3) is 0 Å². The lowest BCUT2D eigenvalue weighted by atomic mass is 9.90. The summed E-state index contributed by atoms with van der Waals surface area (Å²) < 4.78 is 11.0. The highest BCUT2D eigenvalue weighted by Gasteiger charge is 2.41. The smallest absolute Gasteiger partial charge is 0.265 e. The predicted molar refractivity (Wildman–Crippen MR) is 78.9 cm³/mol. The van der Waals surface area contributed by atoms with Crippen molar-refractivity contribution in [2.75, 3.05) is 7.11 Å². The molecule has 21 heavy (non-hydrogen) atoms. The Hall–Kier alpha value is -2.56. The summed E-state index contributed by atoms with van der Waals surface area (Å²) in [6.07, 6.45) is 4.48. The van der Waals surface area contributed by atoms with Gasteiger partial charge in [0.05, 0.1) is 13.5 Å². The topological polar surface area (TPSA) is 61.6 Å². The minimum absolute atomic E-state index is 0.0978. The van der Waals surface area contributed by atoms with Crippen molar-refractivity contribution < 1.29 is 14.4 Å². The summed E-state index contributed by atoms with van der Waals surface area (Å²) in [4.78, 5) is 10.8. The van der Waals surface area contributed by atoms with Crippen LogP contribution < -0.4 is 0 Å². The number of nitro groups is 1. The van der Waals surface area contributed by atoms with Gasteiger partial charge in [-0.2, -0.15) is 0 Å². The SMILES string of the molecule is C=CC1([N+](=O)[O-])C=CC(OCc2ccccc2)=C(OC)C1. The highest BCUT2D eigenvalue weighted by molar-refractivity contribution is 5.31. The number of nitrogens with zero attached hydrogens (tertiary/aromatic N) is 1. The molecule has 0 bridgehead atoms. The third kappa shape index (κ3) is 3.13. The molecule has 2 rings (SSSR count). The van der Waals surface area contributed by atoms with E-state index in [1.165, 1.54) is 19.3 Å². The first kappa shape index (κ1) is 14.8. The van der Waals surface area contributed by atoms with Crippen molar-refractivity contribution in [3.05, 3.63) is 82.3 Å². The van der Waals surface area contributed by atoms with Gasteiger partial charge in [0.2, 0.25) is 0 Å². The van der Waals surface area contributed by atoms with Crippen LogP contribution >= 0.6 is 0 Å². The minimum Gasteiger partial charge on any atom is -0.497 e. The number of allylic oxidation sites excluding steroid dienone is 1. The Morgan fingerprint density at radius 3 is 2.71 bits per heavy atom. The second-order valence-corrected chi connectivity index (χ2v) is 4.73. The van der Waals surface area contributed by atoms with E-state index >= 15 is 0 Å².